The number of ketones is 2. The van der Waals surface area contributed by atoms with E-state index in [4.69, 9.17) is 23.2 Å². The van der Waals surface area contributed by atoms with Crippen molar-refractivity contribution in [2.75, 3.05) is 19.6 Å². The van der Waals surface area contributed by atoms with Crippen molar-refractivity contribution in [3.63, 3.8) is 0 Å². The maximum absolute atomic E-state index is 12.2. The minimum absolute atomic E-state index is 0.0302. The van der Waals surface area contributed by atoms with Crippen molar-refractivity contribution in [2.24, 2.45) is 5.92 Å². The molecular formula is C13H15Cl2NO2S. The molecule has 6 heteroatoms. The minimum Gasteiger partial charge on any atom is -0.299 e. The minimum atomic E-state index is -0.0302. The van der Waals surface area contributed by atoms with Crippen LogP contribution in [0.1, 0.15) is 30.1 Å². The molecule has 1 aliphatic rings. The summed E-state index contributed by atoms with van der Waals surface area (Å²) in [5.41, 5.74) is 0.488. The zero-order valence-electron chi connectivity index (χ0n) is 10.6. The molecule has 1 atom stereocenters. The molecule has 1 fully saturated rings. The van der Waals surface area contributed by atoms with E-state index in [1.165, 1.54) is 11.3 Å². The quantitative estimate of drug-likeness (QED) is 0.796. The van der Waals surface area contributed by atoms with E-state index >= 15 is 0 Å². The molecule has 3 nitrogen and oxygen atoms in total. The van der Waals surface area contributed by atoms with E-state index in [1.807, 2.05) is 11.8 Å². The second kappa shape index (κ2) is 6.35. The first-order valence-electron chi connectivity index (χ1n) is 6.24. The van der Waals surface area contributed by atoms with Crippen molar-refractivity contribution in [3.8, 4) is 0 Å². The standard InChI is InChI=1S/C13H15Cl2NO2S/c1-2-8-6-16(4-3-10(8)17)7-11(18)9-5-12(14)19-13(9)15/h5,8H,2-4,6-7H2,1H3. The smallest absolute Gasteiger partial charge is 0.179 e. The number of Topliss-reactive ketones (excluding diaryl/α,β-unsaturated/α-hetero) is 2. The maximum atomic E-state index is 12.2. The average Bonchev–Trinajstić information content (AvgIpc) is 2.71. The predicted octanol–water partition coefficient (Wildman–Crippen LogP) is 3.54. The Balaban J connectivity index is 2.00. The van der Waals surface area contributed by atoms with E-state index in [0.717, 1.165) is 6.42 Å². The van der Waals surface area contributed by atoms with Crippen LogP contribution in [0, 0.1) is 5.92 Å². The predicted molar refractivity (Wildman–Crippen MR) is 78.5 cm³/mol. The SMILES string of the molecule is CCC1CN(CC(=O)c2cc(Cl)sc2Cl)CCC1=O. The lowest BCUT2D eigenvalue weighted by atomic mass is 9.94. The highest BCUT2D eigenvalue weighted by Gasteiger charge is 2.27. The van der Waals surface area contributed by atoms with E-state index in [9.17, 15) is 9.59 Å². The van der Waals surface area contributed by atoms with E-state index in [1.54, 1.807) is 6.07 Å². The van der Waals surface area contributed by atoms with Crippen LogP contribution in [0.5, 0.6) is 0 Å². The fourth-order valence-electron chi connectivity index (χ4n) is 2.30. The van der Waals surface area contributed by atoms with Crippen molar-refractivity contribution in [1.29, 1.82) is 0 Å². The first-order valence-corrected chi connectivity index (χ1v) is 7.81. The van der Waals surface area contributed by atoms with Gasteiger partial charge in [0.05, 0.1) is 16.4 Å². The second-order valence-electron chi connectivity index (χ2n) is 4.72. The topological polar surface area (TPSA) is 37.4 Å². The Bertz CT molecular complexity index is 501. The van der Waals surface area contributed by atoms with Crippen LogP contribution >= 0.6 is 34.5 Å². The number of halogens is 2. The number of nitrogens with zero attached hydrogens (tertiary/aromatic N) is 1. The molecule has 0 amide bonds. The Hall–Kier alpha value is -0.420. The van der Waals surface area contributed by atoms with Crippen molar-refractivity contribution < 1.29 is 9.59 Å². The molecule has 2 rings (SSSR count). The lowest BCUT2D eigenvalue weighted by Gasteiger charge is -2.30. The van der Waals surface area contributed by atoms with Crippen molar-refractivity contribution >= 4 is 46.1 Å². The largest absolute Gasteiger partial charge is 0.299 e. The fraction of sp³-hybridized carbons (Fsp3) is 0.538. The molecule has 2 heterocycles. The summed E-state index contributed by atoms with van der Waals surface area (Å²) >= 11 is 13.0. The van der Waals surface area contributed by atoms with Gasteiger partial charge < -0.3 is 0 Å². The second-order valence-corrected chi connectivity index (χ2v) is 7.00. The summed E-state index contributed by atoms with van der Waals surface area (Å²) in [4.78, 5) is 25.8. The van der Waals surface area contributed by atoms with Crippen LogP contribution in [0.15, 0.2) is 6.07 Å². The normalized spacial score (nSPS) is 20.8. The molecule has 1 aromatic heterocycles. The highest BCUT2D eigenvalue weighted by Crippen LogP contribution is 2.31. The number of carbonyl (C=O) groups excluding carboxylic acids is 2. The first-order chi connectivity index (χ1) is 9.01. The van der Waals surface area contributed by atoms with E-state index < -0.39 is 0 Å². The van der Waals surface area contributed by atoms with Crippen LogP contribution in [0.25, 0.3) is 0 Å². The zero-order chi connectivity index (χ0) is 14.0. The fourth-order valence-corrected chi connectivity index (χ4v) is 3.80. The summed E-state index contributed by atoms with van der Waals surface area (Å²) in [5.74, 6) is 0.336. The van der Waals surface area contributed by atoms with Crippen LogP contribution in [0.2, 0.25) is 8.67 Å². The van der Waals surface area contributed by atoms with Crippen LogP contribution in [0.3, 0.4) is 0 Å². The van der Waals surface area contributed by atoms with Gasteiger partial charge in [0.2, 0.25) is 0 Å². The van der Waals surface area contributed by atoms with Gasteiger partial charge in [-0.1, -0.05) is 30.1 Å². The Kier molecular flexibility index (Phi) is 5.01. The summed E-state index contributed by atoms with van der Waals surface area (Å²) in [7, 11) is 0. The lowest BCUT2D eigenvalue weighted by Crippen LogP contribution is -2.42. The molecule has 0 N–H and O–H groups in total. The molecule has 0 aromatic carbocycles. The van der Waals surface area contributed by atoms with Crippen LogP contribution in [0.4, 0.5) is 0 Å². The molecule has 0 saturated carbocycles. The van der Waals surface area contributed by atoms with Gasteiger partial charge in [-0.25, -0.2) is 0 Å². The molecule has 0 radical (unpaired) electrons. The highest BCUT2D eigenvalue weighted by molar-refractivity contribution is 7.20. The number of thiophene rings is 1. The molecular weight excluding hydrogens is 305 g/mol. The van der Waals surface area contributed by atoms with Gasteiger partial charge in [-0.3, -0.25) is 14.5 Å². The highest BCUT2D eigenvalue weighted by atomic mass is 35.5. The Labute approximate surface area is 126 Å². The Morgan fingerprint density at radius 3 is 2.84 bits per heavy atom. The van der Waals surface area contributed by atoms with E-state index in [2.05, 4.69) is 0 Å². The third-order valence-corrected chi connectivity index (χ3v) is 4.91. The first kappa shape index (κ1) is 15.0. The number of rotatable bonds is 4. The zero-order valence-corrected chi connectivity index (χ0v) is 12.9. The van der Waals surface area contributed by atoms with Crippen molar-refractivity contribution in [3.05, 3.63) is 20.3 Å². The summed E-state index contributed by atoms with van der Waals surface area (Å²) in [5, 5.41) is 0. The van der Waals surface area contributed by atoms with E-state index in [-0.39, 0.29) is 11.7 Å². The van der Waals surface area contributed by atoms with Crippen LogP contribution in [-0.2, 0) is 4.79 Å². The van der Waals surface area contributed by atoms with Gasteiger partial charge in [0.25, 0.3) is 0 Å². The average molecular weight is 320 g/mol. The van der Waals surface area contributed by atoms with Gasteiger partial charge in [-0.05, 0) is 12.5 Å². The van der Waals surface area contributed by atoms with Gasteiger partial charge in [-0.15, -0.1) is 11.3 Å². The number of hydrogen-bond donors (Lipinski definition) is 0. The number of piperidine rings is 1. The van der Waals surface area contributed by atoms with Crippen LogP contribution < -0.4 is 0 Å². The monoisotopic (exact) mass is 319 g/mol. The van der Waals surface area contributed by atoms with Crippen molar-refractivity contribution in [1.82, 2.24) is 4.90 Å². The summed E-state index contributed by atoms with van der Waals surface area (Å²) in [6, 6.07) is 1.61. The van der Waals surface area contributed by atoms with Crippen LogP contribution in [-0.4, -0.2) is 36.1 Å². The summed E-state index contributed by atoms with van der Waals surface area (Å²) < 4.78 is 0.962. The molecule has 0 spiro atoms. The Morgan fingerprint density at radius 2 is 2.26 bits per heavy atom. The maximum Gasteiger partial charge on any atom is 0.179 e. The molecule has 1 unspecified atom stereocenters. The molecule has 19 heavy (non-hydrogen) atoms. The van der Waals surface area contributed by atoms with Gasteiger partial charge >= 0.3 is 0 Å². The van der Waals surface area contributed by atoms with Gasteiger partial charge in [0, 0.05) is 25.4 Å². The van der Waals surface area contributed by atoms with Gasteiger partial charge in [0.15, 0.2) is 5.78 Å². The number of likely N-dealkylation sites (tertiary alicyclic amines) is 1. The summed E-state index contributed by atoms with van der Waals surface area (Å²) in [6.07, 6.45) is 1.36. The van der Waals surface area contributed by atoms with E-state index in [0.29, 0.717) is 46.1 Å². The lowest BCUT2D eigenvalue weighted by molar-refractivity contribution is -0.126. The molecule has 104 valence electrons. The number of carbonyl (C=O) groups is 2. The van der Waals surface area contributed by atoms with Crippen molar-refractivity contribution in [2.45, 2.75) is 19.8 Å². The Morgan fingerprint density at radius 1 is 1.53 bits per heavy atom. The third-order valence-electron chi connectivity index (χ3n) is 3.43. The van der Waals surface area contributed by atoms with Gasteiger partial charge in [0.1, 0.15) is 10.1 Å². The molecule has 1 aliphatic heterocycles. The molecule has 1 aromatic rings. The molecule has 1 saturated heterocycles. The third kappa shape index (κ3) is 3.57. The molecule has 0 bridgehead atoms. The molecule has 0 aliphatic carbocycles. The number of hydrogen-bond acceptors (Lipinski definition) is 4. The van der Waals surface area contributed by atoms with Gasteiger partial charge in [-0.2, -0.15) is 0 Å². The summed E-state index contributed by atoms with van der Waals surface area (Å²) in [6.45, 7) is 3.62.